The summed E-state index contributed by atoms with van der Waals surface area (Å²) in [6.45, 7) is 60.2. The molecule has 0 bridgehead atoms. The van der Waals surface area contributed by atoms with Crippen LogP contribution in [0.15, 0.2) is 45.6 Å². The lowest BCUT2D eigenvalue weighted by Gasteiger charge is -2.50. The van der Waals surface area contributed by atoms with Crippen LogP contribution in [0.1, 0.15) is 6.92 Å². The van der Waals surface area contributed by atoms with E-state index in [-0.39, 0.29) is 34.8 Å². The van der Waals surface area contributed by atoms with Crippen molar-refractivity contribution in [1.82, 2.24) is 0 Å². The molecule has 3 aromatic rings. The van der Waals surface area contributed by atoms with Crippen molar-refractivity contribution < 1.29 is 63.2 Å². The Labute approximate surface area is 478 Å². The van der Waals surface area contributed by atoms with Crippen molar-refractivity contribution in [2.24, 2.45) is 0 Å². The van der Waals surface area contributed by atoms with Gasteiger partial charge < -0.3 is 63.2 Å². The molecule has 24 heteroatoms. The number of benzene rings is 2. The van der Waals surface area contributed by atoms with Gasteiger partial charge in [0.2, 0.25) is 40.4 Å². The molecule has 0 spiro atoms. The topological polar surface area (TPSA) is 150 Å². The summed E-state index contributed by atoms with van der Waals surface area (Å²) in [4.78, 5) is 15.9. The largest absolute Gasteiger partial charge is 0.544 e. The Morgan fingerprint density at radius 2 is 0.859 bits per heavy atom. The van der Waals surface area contributed by atoms with Crippen LogP contribution in [-0.2, 0) is 40.5 Å². The molecule has 1 aromatic heterocycles. The molecule has 2 saturated heterocycles. The Kier molecular flexibility index (Phi) is 21.2. The molecule has 0 N–H and O–H groups in total. The predicted octanol–water partition coefficient (Wildman–Crippen LogP) is 14.3. The number of fused-ring (bicyclic) bond motifs is 1. The van der Waals surface area contributed by atoms with Crippen LogP contribution in [0.2, 0.25) is 177 Å². The van der Waals surface area contributed by atoms with E-state index in [0.29, 0.717) is 17.1 Å². The van der Waals surface area contributed by atoms with Crippen molar-refractivity contribution >= 4 is 85.8 Å². The Morgan fingerprint density at radius 1 is 0.436 bits per heavy atom. The second-order valence-corrected chi connectivity index (χ2v) is 70.1. The maximum absolute atomic E-state index is 15.9. The lowest BCUT2D eigenvalue weighted by atomic mass is 9.99. The zero-order valence-electron chi connectivity index (χ0n) is 53.1. The van der Waals surface area contributed by atoms with Gasteiger partial charge in [-0.05, 0) is 208 Å². The molecule has 2 aromatic carbocycles. The molecular weight excluding hydrogens is 1140 g/mol. The molecular formula is C54H102O15Si9. The first-order valence-corrected chi connectivity index (χ1v) is 58.7. The van der Waals surface area contributed by atoms with Gasteiger partial charge in [-0.15, -0.1) is 0 Å². The minimum Gasteiger partial charge on any atom is -0.544 e. The van der Waals surface area contributed by atoms with Gasteiger partial charge >= 0.3 is 0 Å². The maximum atomic E-state index is 15.9. The molecule has 15 nitrogen and oxygen atoms in total. The highest BCUT2D eigenvalue weighted by Gasteiger charge is 2.54. The monoisotopic (exact) mass is 1240 g/mol. The summed E-state index contributed by atoms with van der Waals surface area (Å²) < 4.78 is 97.7. The van der Waals surface area contributed by atoms with E-state index in [1.54, 1.807) is 12.1 Å². The lowest BCUT2D eigenvalue weighted by molar-refractivity contribution is -0.265. The molecule has 5 rings (SSSR count). The molecule has 0 saturated carbocycles. The number of hydrogen-bond acceptors (Lipinski definition) is 15. The molecule has 2 aliphatic heterocycles. The highest BCUT2D eigenvalue weighted by atomic mass is 28.4. The highest BCUT2D eigenvalue weighted by Crippen LogP contribution is 2.43. The molecule has 78 heavy (non-hydrogen) atoms. The molecule has 444 valence electrons. The smallest absolute Gasteiger partial charge is 0.242 e. The number of rotatable bonds is 24. The van der Waals surface area contributed by atoms with E-state index in [4.69, 9.17) is 63.2 Å². The molecule has 0 amide bonds. The average molecular weight is 1240 g/mol. The van der Waals surface area contributed by atoms with Crippen LogP contribution >= 0.6 is 0 Å². The zero-order valence-corrected chi connectivity index (χ0v) is 62.1. The van der Waals surface area contributed by atoms with Crippen LogP contribution in [0.25, 0.3) is 22.3 Å². The van der Waals surface area contributed by atoms with E-state index < -0.39 is 142 Å². The molecule has 10 unspecified atom stereocenters. The lowest BCUT2D eigenvalue weighted by Crippen LogP contribution is -2.67. The SMILES string of the molecule is CC1OC(Oc2c(-c3ccc(O[Si](C)(C)C)cc3)oc3cc(OC4OC(CO[Si](C)(C)C)C(O[Si](C)(C)C)C(O[Si](C)(C)C)C4O[Si](C)(C)C)cc(O[Si](C)(C)C)c3c2=O)C(O[Si](C)(C)C)C(O[Si](C)(C)C)C1O[Si](C)(C)C. The fraction of sp³-hybridized carbons (Fsp3) is 0.722. The number of ether oxygens (including phenoxy) is 4. The Bertz CT molecular complexity index is 2520. The van der Waals surface area contributed by atoms with Crippen LogP contribution < -0.4 is 23.8 Å². The third-order valence-corrected chi connectivity index (χ3v) is 19.9. The van der Waals surface area contributed by atoms with E-state index in [1.165, 1.54) is 0 Å². The van der Waals surface area contributed by atoms with Crippen molar-refractivity contribution in [2.45, 2.75) is 245 Å². The summed E-state index contributed by atoms with van der Waals surface area (Å²) >= 11 is 0. The van der Waals surface area contributed by atoms with Crippen LogP contribution in [0.3, 0.4) is 0 Å². The van der Waals surface area contributed by atoms with Crippen LogP contribution in [0.4, 0.5) is 0 Å². The van der Waals surface area contributed by atoms with E-state index in [0.717, 1.165) is 0 Å². The summed E-state index contributed by atoms with van der Waals surface area (Å²) in [6, 6.07) is 11.1. The summed E-state index contributed by atoms with van der Waals surface area (Å²) in [7, 11) is -20.1. The third-order valence-electron chi connectivity index (χ3n) is 11.3. The summed E-state index contributed by atoms with van der Waals surface area (Å²) in [5.74, 6) is 1.47. The summed E-state index contributed by atoms with van der Waals surface area (Å²) in [5, 5.41) is 0.188. The highest BCUT2D eigenvalue weighted by molar-refractivity contribution is 6.73. The first-order valence-electron chi connectivity index (χ1n) is 28.0. The normalized spacial score (nSPS) is 25.5. The molecule has 0 aliphatic carbocycles. The van der Waals surface area contributed by atoms with Gasteiger partial charge in [0.15, 0.2) is 64.0 Å². The minimum absolute atomic E-state index is 0.0580. The molecule has 10 atom stereocenters. The molecule has 2 fully saturated rings. The summed E-state index contributed by atoms with van der Waals surface area (Å²) in [6.07, 6.45) is -6.66. The predicted molar refractivity (Wildman–Crippen MR) is 339 cm³/mol. The van der Waals surface area contributed by atoms with E-state index in [2.05, 4.69) is 177 Å². The van der Waals surface area contributed by atoms with Gasteiger partial charge in [-0.2, -0.15) is 0 Å². The van der Waals surface area contributed by atoms with Crippen LogP contribution in [0, 0.1) is 0 Å². The zero-order chi connectivity index (χ0) is 59.3. The Balaban J connectivity index is 1.81. The van der Waals surface area contributed by atoms with Gasteiger partial charge in [-0.25, -0.2) is 0 Å². The molecule has 2 aliphatic rings. The maximum Gasteiger partial charge on any atom is 0.242 e. The first-order chi connectivity index (χ1) is 35.0. The molecule has 0 radical (unpaired) electrons. The Morgan fingerprint density at radius 3 is 1.31 bits per heavy atom. The van der Waals surface area contributed by atoms with Crippen LogP contribution in [-0.4, -0.2) is 143 Å². The third kappa shape index (κ3) is 20.9. The van der Waals surface area contributed by atoms with Gasteiger partial charge in [0.1, 0.15) is 64.8 Å². The van der Waals surface area contributed by atoms with Gasteiger partial charge in [0.05, 0.1) is 18.8 Å². The fourth-order valence-corrected chi connectivity index (χ4v) is 17.9. The Hall–Kier alpha value is -1.56. The van der Waals surface area contributed by atoms with E-state index in [9.17, 15) is 0 Å². The van der Waals surface area contributed by atoms with Gasteiger partial charge in [-0.3, -0.25) is 4.79 Å². The van der Waals surface area contributed by atoms with Crippen molar-refractivity contribution in [3.05, 3.63) is 46.6 Å². The van der Waals surface area contributed by atoms with Crippen molar-refractivity contribution in [2.75, 3.05) is 6.61 Å². The first kappa shape index (κ1) is 67.2. The average Bonchev–Trinajstić information content (AvgIpc) is 3.19. The van der Waals surface area contributed by atoms with Gasteiger partial charge in [0, 0.05) is 17.7 Å². The minimum atomic E-state index is -2.48. The standard InChI is InChI=1S/C54H102O15Si9/c1-36-45(64-73(11,12)13)49(66-75(17,18)19)51(68-77(23,24)25)53(57-36)61-48-44(55)43-40(59-46(48)37-29-31-38(32-30-37)62-71(5,6)7)33-39(34-41(43)63-72(8,9)10)58-54-52(69-78(26,27)28)50(67-76(20,21)22)47(65-74(14,15)16)42(60-54)35-56-70(2,3)4/h29-34,36,42,45,47,49-54H,35H2,1-28H3. The van der Waals surface area contributed by atoms with Crippen LogP contribution in [0.5, 0.6) is 23.0 Å². The van der Waals surface area contributed by atoms with Crippen molar-refractivity contribution in [3.8, 4) is 34.3 Å². The summed E-state index contributed by atoms with van der Waals surface area (Å²) in [5.41, 5.74) is 0.349. The molecule has 3 heterocycles. The second-order valence-electron chi connectivity index (χ2n) is 29.9. The van der Waals surface area contributed by atoms with Crippen molar-refractivity contribution in [3.63, 3.8) is 0 Å². The van der Waals surface area contributed by atoms with E-state index in [1.807, 2.05) is 31.2 Å². The number of hydrogen-bond donors (Lipinski definition) is 0. The van der Waals surface area contributed by atoms with Gasteiger partial charge in [0.25, 0.3) is 0 Å². The van der Waals surface area contributed by atoms with Gasteiger partial charge in [-0.1, -0.05) is 0 Å². The second kappa shape index (κ2) is 24.6. The fourth-order valence-electron chi connectivity index (χ4n) is 9.08. The van der Waals surface area contributed by atoms with E-state index >= 15 is 4.79 Å². The van der Waals surface area contributed by atoms with Crippen molar-refractivity contribution in [1.29, 1.82) is 0 Å². The quantitative estimate of drug-likeness (QED) is 0.0782.